The van der Waals surface area contributed by atoms with Gasteiger partial charge in [0.15, 0.2) is 0 Å². The Bertz CT molecular complexity index is 637. The Balaban J connectivity index is 1.69. The van der Waals surface area contributed by atoms with Gasteiger partial charge in [0.25, 0.3) is 0 Å². The fraction of sp³-hybridized carbons (Fsp3) is 0.706. The zero-order valence-corrected chi connectivity index (χ0v) is 15.0. The molecule has 3 rings (SSSR count). The van der Waals surface area contributed by atoms with E-state index in [9.17, 15) is 8.42 Å². The van der Waals surface area contributed by atoms with Gasteiger partial charge >= 0.3 is 0 Å². The second-order valence-corrected chi connectivity index (χ2v) is 8.95. The van der Waals surface area contributed by atoms with Crippen molar-refractivity contribution in [3.05, 3.63) is 30.1 Å². The molecule has 134 valence electrons. The Morgan fingerprint density at radius 1 is 1.42 bits per heavy atom. The molecule has 24 heavy (non-hydrogen) atoms. The number of fused-ring (bicyclic) bond motifs is 1. The van der Waals surface area contributed by atoms with Crippen LogP contribution in [0.3, 0.4) is 0 Å². The summed E-state index contributed by atoms with van der Waals surface area (Å²) in [6.07, 6.45) is 6.24. The Labute approximate surface area is 144 Å². The quantitative estimate of drug-likeness (QED) is 0.779. The maximum atomic E-state index is 12.3. The van der Waals surface area contributed by atoms with E-state index in [-0.39, 0.29) is 17.3 Å². The molecule has 0 aromatic carbocycles. The van der Waals surface area contributed by atoms with Crippen molar-refractivity contribution < 1.29 is 17.9 Å². The van der Waals surface area contributed by atoms with E-state index >= 15 is 0 Å². The van der Waals surface area contributed by atoms with Crippen molar-refractivity contribution in [1.29, 1.82) is 0 Å². The average Bonchev–Trinajstić information content (AvgIpc) is 2.62. The molecule has 0 spiro atoms. The molecule has 1 aromatic rings. The minimum atomic E-state index is -3.17. The Hall–Kier alpha value is -1.02. The van der Waals surface area contributed by atoms with E-state index in [0.29, 0.717) is 26.3 Å². The first-order chi connectivity index (χ1) is 11.6. The second kappa shape index (κ2) is 7.47. The molecule has 0 N–H and O–H groups in total. The van der Waals surface area contributed by atoms with Gasteiger partial charge in [0.05, 0.1) is 25.1 Å². The number of piperidine rings is 1. The van der Waals surface area contributed by atoms with Gasteiger partial charge in [-0.25, -0.2) is 12.7 Å². The highest BCUT2D eigenvalue weighted by Gasteiger charge is 2.48. The molecule has 3 heterocycles. The van der Waals surface area contributed by atoms with Gasteiger partial charge in [0.1, 0.15) is 0 Å². The van der Waals surface area contributed by atoms with Crippen LogP contribution >= 0.6 is 0 Å². The summed E-state index contributed by atoms with van der Waals surface area (Å²) in [4.78, 5) is 4.01. The number of hydrogen-bond donors (Lipinski definition) is 0. The molecule has 0 amide bonds. The van der Waals surface area contributed by atoms with Crippen LogP contribution in [0.5, 0.6) is 0 Å². The maximum Gasteiger partial charge on any atom is 0.213 e. The topological polar surface area (TPSA) is 68.7 Å². The van der Waals surface area contributed by atoms with Gasteiger partial charge in [-0.05, 0) is 43.9 Å². The van der Waals surface area contributed by atoms with Crippen LogP contribution in [-0.2, 0) is 26.1 Å². The number of ether oxygens (including phenoxy) is 2. The summed E-state index contributed by atoms with van der Waals surface area (Å²) in [5.74, 6) is 0.145. The fourth-order valence-electron chi connectivity index (χ4n) is 3.73. The zero-order valence-electron chi connectivity index (χ0n) is 14.2. The fourth-order valence-corrected chi connectivity index (χ4v) is 4.93. The van der Waals surface area contributed by atoms with E-state index in [0.717, 1.165) is 31.4 Å². The molecule has 7 heteroatoms. The van der Waals surface area contributed by atoms with E-state index in [2.05, 4.69) is 4.98 Å². The lowest BCUT2D eigenvalue weighted by molar-refractivity contribution is -0.144. The molecular weight excluding hydrogens is 328 g/mol. The highest BCUT2D eigenvalue weighted by molar-refractivity contribution is 7.89. The van der Waals surface area contributed by atoms with Crippen molar-refractivity contribution in [2.75, 3.05) is 32.1 Å². The molecule has 2 aliphatic rings. The maximum absolute atomic E-state index is 12.3. The van der Waals surface area contributed by atoms with Gasteiger partial charge in [-0.2, -0.15) is 0 Å². The average molecular weight is 354 g/mol. The van der Waals surface area contributed by atoms with Crippen LogP contribution in [0.25, 0.3) is 0 Å². The molecule has 0 unspecified atom stereocenters. The van der Waals surface area contributed by atoms with Crippen molar-refractivity contribution in [2.24, 2.45) is 5.41 Å². The zero-order chi connectivity index (χ0) is 17.0. The summed E-state index contributed by atoms with van der Waals surface area (Å²) in [5.41, 5.74) is 0.842. The predicted molar refractivity (Wildman–Crippen MR) is 91.0 cm³/mol. The summed E-state index contributed by atoms with van der Waals surface area (Å²) >= 11 is 0. The van der Waals surface area contributed by atoms with Gasteiger partial charge in [-0.1, -0.05) is 0 Å². The normalized spacial score (nSPS) is 28.5. The number of pyridine rings is 1. The first-order valence-corrected chi connectivity index (χ1v) is 10.2. The molecule has 0 saturated carbocycles. The molecule has 2 saturated heterocycles. The van der Waals surface area contributed by atoms with Crippen molar-refractivity contribution in [1.82, 2.24) is 9.29 Å². The third-order valence-electron chi connectivity index (χ3n) is 5.12. The first-order valence-electron chi connectivity index (χ1n) is 8.62. The highest BCUT2D eigenvalue weighted by atomic mass is 32.2. The van der Waals surface area contributed by atoms with Crippen molar-refractivity contribution in [3.8, 4) is 0 Å². The summed E-state index contributed by atoms with van der Waals surface area (Å²) < 4.78 is 38.2. The lowest BCUT2D eigenvalue weighted by atomic mass is 9.73. The number of hydrogen-bond acceptors (Lipinski definition) is 5. The molecule has 2 aliphatic heterocycles. The van der Waals surface area contributed by atoms with Crippen molar-refractivity contribution >= 4 is 10.0 Å². The largest absolute Gasteiger partial charge is 0.377 e. The lowest BCUT2D eigenvalue weighted by Gasteiger charge is -2.49. The minimum absolute atomic E-state index is 0.0898. The van der Waals surface area contributed by atoms with Crippen LogP contribution in [0.4, 0.5) is 0 Å². The Kier molecular flexibility index (Phi) is 5.54. The van der Waals surface area contributed by atoms with Gasteiger partial charge < -0.3 is 9.47 Å². The van der Waals surface area contributed by atoms with Crippen molar-refractivity contribution in [3.63, 3.8) is 0 Å². The van der Waals surface area contributed by atoms with E-state index in [1.54, 1.807) is 23.6 Å². The number of aromatic nitrogens is 1. The van der Waals surface area contributed by atoms with Crippen LogP contribution in [0.15, 0.2) is 24.5 Å². The minimum Gasteiger partial charge on any atom is -0.377 e. The molecule has 0 radical (unpaired) electrons. The molecule has 0 bridgehead atoms. The summed E-state index contributed by atoms with van der Waals surface area (Å²) in [6.45, 7) is 4.55. The van der Waals surface area contributed by atoms with Crippen LogP contribution < -0.4 is 0 Å². The molecule has 2 atom stereocenters. The van der Waals surface area contributed by atoms with Crippen LogP contribution in [0.2, 0.25) is 0 Å². The van der Waals surface area contributed by atoms with Crippen LogP contribution in [-0.4, -0.2) is 55.9 Å². The molecule has 1 aromatic heterocycles. The number of sulfonamides is 1. The molecule has 0 aliphatic carbocycles. The van der Waals surface area contributed by atoms with E-state index < -0.39 is 10.0 Å². The van der Waals surface area contributed by atoms with E-state index in [4.69, 9.17) is 9.47 Å². The smallest absolute Gasteiger partial charge is 0.213 e. The van der Waals surface area contributed by atoms with Gasteiger partial charge in [-0.3, -0.25) is 4.98 Å². The summed E-state index contributed by atoms with van der Waals surface area (Å²) in [5, 5.41) is 0. The Morgan fingerprint density at radius 3 is 2.96 bits per heavy atom. The van der Waals surface area contributed by atoms with E-state index in [1.807, 2.05) is 12.1 Å². The summed E-state index contributed by atoms with van der Waals surface area (Å²) in [7, 11) is -3.17. The third-order valence-corrected chi connectivity index (χ3v) is 6.95. The van der Waals surface area contributed by atoms with Crippen molar-refractivity contribution in [2.45, 2.75) is 38.9 Å². The van der Waals surface area contributed by atoms with Crippen LogP contribution in [0, 0.1) is 5.41 Å². The number of nitrogens with zero attached hydrogens (tertiary/aromatic N) is 2. The van der Waals surface area contributed by atoms with E-state index in [1.165, 1.54) is 0 Å². The monoisotopic (exact) mass is 354 g/mol. The Morgan fingerprint density at radius 2 is 2.21 bits per heavy atom. The highest BCUT2D eigenvalue weighted by Crippen LogP contribution is 2.41. The molecule has 6 nitrogen and oxygen atoms in total. The predicted octanol–water partition coefficient (Wildman–Crippen LogP) is 1.82. The van der Waals surface area contributed by atoms with Gasteiger partial charge in [0.2, 0.25) is 10.0 Å². The van der Waals surface area contributed by atoms with Gasteiger partial charge in [-0.15, -0.1) is 0 Å². The van der Waals surface area contributed by atoms with Crippen LogP contribution in [0.1, 0.15) is 31.7 Å². The molecule has 2 fully saturated rings. The first kappa shape index (κ1) is 17.8. The molecular formula is C17H26N2O4S. The summed E-state index contributed by atoms with van der Waals surface area (Å²) in [6, 6.07) is 3.86. The standard InChI is InChI=1S/C17H26N2O4S/c1-2-24(20,21)19-10-6-16-17(13-19,7-3-11-23-16)14-22-12-15-4-8-18-9-5-15/h4-5,8-9,16H,2-3,6-7,10-14H2,1H3/t16-,17-/m1/s1. The second-order valence-electron chi connectivity index (χ2n) is 6.70. The third kappa shape index (κ3) is 3.79. The number of rotatable bonds is 6. The SMILES string of the molecule is CCS(=O)(=O)N1CC[C@H]2OCCC[C@]2(COCc2ccncc2)C1. The van der Waals surface area contributed by atoms with Gasteiger partial charge in [0, 0.05) is 37.5 Å². The lowest BCUT2D eigenvalue weighted by Crippen LogP contribution is -2.58.